The van der Waals surface area contributed by atoms with Crippen LogP contribution in [0.3, 0.4) is 0 Å². The van der Waals surface area contributed by atoms with Gasteiger partial charge in [0.15, 0.2) is 11.5 Å². The van der Waals surface area contributed by atoms with Gasteiger partial charge in [-0.05, 0) is 42.4 Å². The van der Waals surface area contributed by atoms with Crippen molar-refractivity contribution in [2.75, 3.05) is 13.7 Å². The molecule has 208 valence electrons. The van der Waals surface area contributed by atoms with Crippen LogP contribution in [0.5, 0.6) is 0 Å². The van der Waals surface area contributed by atoms with Crippen molar-refractivity contribution in [2.45, 2.75) is 56.7 Å². The Morgan fingerprint density at radius 1 is 1.10 bits per heavy atom. The smallest absolute Gasteiger partial charge is 0.348 e. The molecule has 3 aliphatic carbocycles. The van der Waals surface area contributed by atoms with Gasteiger partial charge in [0.05, 0.1) is 31.3 Å². The molecule has 39 heavy (non-hydrogen) atoms. The van der Waals surface area contributed by atoms with Gasteiger partial charge in [0.1, 0.15) is 12.2 Å². The van der Waals surface area contributed by atoms with Gasteiger partial charge in [-0.3, -0.25) is 4.79 Å². The number of esters is 3. The van der Waals surface area contributed by atoms with Crippen LogP contribution in [0.1, 0.15) is 37.0 Å². The van der Waals surface area contributed by atoms with Crippen molar-refractivity contribution in [1.29, 1.82) is 0 Å². The molecule has 3 N–H and O–H groups in total. The Balaban J connectivity index is 1.55. The molecule has 4 fully saturated rings. The summed E-state index contributed by atoms with van der Waals surface area (Å²) in [6.07, 6.45) is -6.07. The maximum atomic E-state index is 13.5. The number of carbonyl (C=O) groups excluding carboxylic acids is 4. The highest BCUT2D eigenvalue weighted by molar-refractivity contribution is 5.96. The molecule has 1 aromatic rings. The van der Waals surface area contributed by atoms with Crippen LogP contribution in [0.25, 0.3) is 0 Å². The first kappa shape index (κ1) is 26.0. The third kappa shape index (κ3) is 3.03. The summed E-state index contributed by atoms with van der Waals surface area (Å²) in [5.74, 6) is -6.38. The lowest BCUT2D eigenvalue weighted by Crippen LogP contribution is -2.79. The third-order valence-corrected chi connectivity index (χ3v) is 10.1. The van der Waals surface area contributed by atoms with Crippen molar-refractivity contribution < 1.29 is 53.4 Å². The largest absolute Gasteiger partial charge is 0.504 e. The second kappa shape index (κ2) is 8.36. The Bertz CT molecular complexity index is 1310. The van der Waals surface area contributed by atoms with Gasteiger partial charge in [0.25, 0.3) is 0 Å². The molecule has 2 saturated heterocycles. The fraction of sp³-hybridized carbons (Fsp3) is 0.571. The molecule has 10 atom stereocenters. The fourth-order valence-corrected chi connectivity index (χ4v) is 8.61. The number of rotatable bonds is 3. The number of hydrogen-bond acceptors (Lipinski definition) is 11. The maximum absolute atomic E-state index is 13.5. The Morgan fingerprint density at radius 3 is 2.46 bits per heavy atom. The second-order valence-electron chi connectivity index (χ2n) is 11.6. The number of methoxy groups -OCH3 is 1. The quantitative estimate of drug-likeness (QED) is 0.366. The lowest BCUT2D eigenvalue weighted by atomic mass is 9.38. The Hall–Kier alpha value is -3.28. The zero-order valence-corrected chi connectivity index (χ0v) is 21.7. The highest BCUT2D eigenvalue weighted by Crippen LogP contribution is 2.72. The monoisotopic (exact) mass is 542 g/mol. The minimum absolute atomic E-state index is 0.149. The molecule has 1 spiro atoms. The molecular formula is C28H30O11. The van der Waals surface area contributed by atoms with Gasteiger partial charge in [-0.1, -0.05) is 25.1 Å². The van der Waals surface area contributed by atoms with Gasteiger partial charge in [-0.2, -0.15) is 0 Å². The number of fused-ring (bicyclic) bond motifs is 2. The molecule has 2 bridgehead atoms. The number of allylic oxidation sites excluding steroid dienone is 2. The lowest BCUT2D eigenvalue weighted by molar-refractivity contribution is -0.288. The summed E-state index contributed by atoms with van der Waals surface area (Å²) in [6.45, 7) is 3.18. The average Bonchev–Trinajstić information content (AvgIpc) is 3.23. The Labute approximate surface area is 223 Å². The van der Waals surface area contributed by atoms with Gasteiger partial charge >= 0.3 is 17.9 Å². The lowest BCUT2D eigenvalue weighted by Gasteiger charge is -2.67. The van der Waals surface area contributed by atoms with Crippen LogP contribution in [-0.2, 0) is 33.3 Å². The van der Waals surface area contributed by atoms with Crippen molar-refractivity contribution in [1.82, 2.24) is 0 Å². The molecule has 1 aromatic carbocycles. The maximum Gasteiger partial charge on any atom is 0.348 e. The summed E-state index contributed by atoms with van der Waals surface area (Å²) in [6, 6.07) is 7.96. The van der Waals surface area contributed by atoms with Crippen molar-refractivity contribution in [3.63, 3.8) is 0 Å². The van der Waals surface area contributed by atoms with E-state index in [9.17, 15) is 34.5 Å². The number of ether oxygens (including phenoxy) is 4. The first-order valence-corrected chi connectivity index (χ1v) is 12.9. The fourth-order valence-electron chi connectivity index (χ4n) is 8.61. The van der Waals surface area contributed by atoms with Gasteiger partial charge < -0.3 is 34.3 Å². The van der Waals surface area contributed by atoms with E-state index in [-0.39, 0.29) is 30.8 Å². The first-order valence-electron chi connectivity index (χ1n) is 12.9. The van der Waals surface area contributed by atoms with Gasteiger partial charge in [-0.15, -0.1) is 0 Å². The van der Waals surface area contributed by atoms with Crippen LogP contribution >= 0.6 is 0 Å². The molecule has 0 aromatic heterocycles. The van der Waals surface area contributed by atoms with Crippen molar-refractivity contribution in [3.05, 3.63) is 47.2 Å². The van der Waals surface area contributed by atoms with Crippen LogP contribution in [0.2, 0.25) is 0 Å². The predicted molar refractivity (Wildman–Crippen MR) is 129 cm³/mol. The SMILES string of the molecule is COC(=O)[C@]12OC[C@]34C([C@@H](O)[C@@H]1O)[C@@]1(C)CC(=O)C(O)=C(C)[C@@H]1C[C@H]3OC(=O)[C@H](OC(=O)c1ccccc1)[C@@H]24. The van der Waals surface area contributed by atoms with E-state index in [2.05, 4.69) is 0 Å². The van der Waals surface area contributed by atoms with E-state index in [4.69, 9.17) is 18.9 Å². The van der Waals surface area contributed by atoms with Gasteiger partial charge in [-0.25, -0.2) is 14.4 Å². The van der Waals surface area contributed by atoms with E-state index in [0.717, 1.165) is 7.11 Å². The minimum Gasteiger partial charge on any atom is -0.504 e. The zero-order chi connectivity index (χ0) is 28.1. The first-order chi connectivity index (χ1) is 18.4. The Kier molecular flexibility index (Phi) is 5.57. The highest BCUT2D eigenvalue weighted by atomic mass is 16.6. The van der Waals surface area contributed by atoms with Crippen LogP contribution in [-0.4, -0.2) is 82.7 Å². The standard InChI is InChI=1S/C28H30O11/c1-12-14-9-16-27-11-37-28(25(35)36-3,22(32)18(31)20(27)26(14,2)10-15(29)17(12)30)21(27)19(24(34)38-16)39-23(33)13-7-5-4-6-8-13/h4-8,14,16,18-22,30-32H,9-11H2,1-3H3/t14-,16+,18+,19+,20?,21+,22-,26-,27+,28+/m0/s1. The molecule has 11 heteroatoms. The van der Waals surface area contributed by atoms with E-state index in [0.29, 0.717) is 5.57 Å². The molecule has 0 radical (unpaired) electrons. The van der Waals surface area contributed by atoms with Crippen LogP contribution in [0, 0.1) is 28.6 Å². The summed E-state index contributed by atoms with van der Waals surface area (Å²) < 4.78 is 22.7. The number of Topliss-reactive ketones (excluding diaryl/α,β-unsaturated/α-hetero) is 1. The summed E-state index contributed by atoms with van der Waals surface area (Å²) in [5, 5.41) is 33.8. The summed E-state index contributed by atoms with van der Waals surface area (Å²) >= 11 is 0. The van der Waals surface area contributed by atoms with Crippen LogP contribution < -0.4 is 0 Å². The molecule has 6 rings (SSSR count). The number of aliphatic hydroxyl groups is 3. The molecule has 1 unspecified atom stereocenters. The van der Waals surface area contributed by atoms with E-state index in [1.807, 2.05) is 0 Å². The summed E-state index contributed by atoms with van der Waals surface area (Å²) in [7, 11) is 1.09. The van der Waals surface area contributed by atoms with Gasteiger partial charge in [0, 0.05) is 17.8 Å². The molecule has 5 aliphatic rings. The minimum atomic E-state index is -2.24. The third-order valence-electron chi connectivity index (χ3n) is 10.1. The predicted octanol–water partition coefficient (Wildman–Crippen LogP) is 0.865. The van der Waals surface area contributed by atoms with Crippen molar-refractivity contribution in [2.24, 2.45) is 28.6 Å². The summed E-state index contributed by atoms with van der Waals surface area (Å²) in [5.41, 5.74) is -4.02. The zero-order valence-electron chi connectivity index (χ0n) is 21.7. The highest BCUT2D eigenvalue weighted by Gasteiger charge is 2.85. The number of carbonyl (C=O) groups is 4. The van der Waals surface area contributed by atoms with Crippen molar-refractivity contribution >= 4 is 23.7 Å². The average molecular weight is 543 g/mol. The second-order valence-corrected chi connectivity index (χ2v) is 11.6. The molecule has 11 nitrogen and oxygen atoms in total. The molecular weight excluding hydrogens is 512 g/mol. The van der Waals surface area contributed by atoms with Crippen LogP contribution in [0.4, 0.5) is 0 Å². The number of ketones is 1. The molecule has 2 saturated carbocycles. The van der Waals surface area contributed by atoms with E-state index >= 15 is 0 Å². The molecule has 0 amide bonds. The number of hydrogen-bond donors (Lipinski definition) is 3. The normalized spacial score (nSPS) is 44.2. The molecule has 2 aliphatic heterocycles. The van der Waals surface area contributed by atoms with E-state index in [1.54, 1.807) is 32.0 Å². The van der Waals surface area contributed by atoms with Crippen LogP contribution in [0.15, 0.2) is 41.7 Å². The van der Waals surface area contributed by atoms with Gasteiger partial charge in [0.2, 0.25) is 11.7 Å². The summed E-state index contributed by atoms with van der Waals surface area (Å²) in [4.78, 5) is 53.0. The number of benzene rings is 1. The van der Waals surface area contributed by atoms with Crippen molar-refractivity contribution in [3.8, 4) is 0 Å². The van der Waals surface area contributed by atoms with E-state index in [1.165, 1.54) is 12.1 Å². The molecule has 2 heterocycles. The van der Waals surface area contributed by atoms with E-state index < -0.39 is 82.3 Å². The number of aliphatic hydroxyl groups excluding tert-OH is 3. The topological polar surface area (TPSA) is 166 Å². The Morgan fingerprint density at radius 2 is 1.79 bits per heavy atom.